The first-order valence-electron chi connectivity index (χ1n) is 10.3. The number of H-pyrrole nitrogens is 1. The van der Waals surface area contributed by atoms with Crippen LogP contribution in [-0.4, -0.2) is 69.4 Å². The number of aromatic nitrogens is 3. The number of carbonyl (C=O) groups excluding carboxylic acids is 1. The summed E-state index contributed by atoms with van der Waals surface area (Å²) in [5.41, 5.74) is -3.56. The van der Waals surface area contributed by atoms with E-state index in [1.54, 1.807) is 0 Å². The van der Waals surface area contributed by atoms with Crippen LogP contribution in [0.2, 0.25) is 0 Å². The standard InChI is InChI=1S/C20H21F6N5O4/c1-11(4-12-5-15(20(24,25)26)16(33)27-6-12)35-18(34)30-2-3-31(14(9-30)10-32)17-28-7-13(8-29-17)19(21,22)23/h5-8,11,14,32H,2-4,9-10H2,1H3,(H,27,33)/t11-,14-/m0/s1. The molecule has 192 valence electrons. The SMILES string of the molecule is C[C@@H](Cc1c[nH]c(=O)c(C(F)(F)F)c1)OC(=O)N1CCN(c2ncc(C(F)(F)F)cn2)[C@H](CO)C1. The molecule has 0 spiro atoms. The zero-order valence-corrected chi connectivity index (χ0v) is 18.2. The molecule has 1 amide bonds. The first-order valence-corrected chi connectivity index (χ1v) is 10.3. The molecule has 2 atom stereocenters. The Morgan fingerprint density at radius 1 is 1.20 bits per heavy atom. The smallest absolute Gasteiger partial charge is 0.421 e. The van der Waals surface area contributed by atoms with Crippen LogP contribution >= 0.6 is 0 Å². The van der Waals surface area contributed by atoms with Gasteiger partial charge in [-0.25, -0.2) is 14.8 Å². The molecule has 35 heavy (non-hydrogen) atoms. The normalized spacial score (nSPS) is 17.9. The average Bonchev–Trinajstić information content (AvgIpc) is 2.78. The lowest BCUT2D eigenvalue weighted by atomic mass is 10.1. The van der Waals surface area contributed by atoms with E-state index in [1.165, 1.54) is 16.7 Å². The maximum absolute atomic E-state index is 12.9. The summed E-state index contributed by atoms with van der Waals surface area (Å²) in [7, 11) is 0. The number of aliphatic hydroxyl groups is 1. The average molecular weight is 509 g/mol. The molecule has 3 rings (SSSR count). The monoisotopic (exact) mass is 509 g/mol. The number of aromatic amines is 1. The number of nitrogens with zero attached hydrogens (tertiary/aromatic N) is 4. The van der Waals surface area contributed by atoms with Crippen molar-refractivity contribution >= 4 is 12.0 Å². The first-order chi connectivity index (χ1) is 16.3. The highest BCUT2D eigenvalue weighted by atomic mass is 19.4. The van der Waals surface area contributed by atoms with Crippen LogP contribution in [0.3, 0.4) is 0 Å². The van der Waals surface area contributed by atoms with Gasteiger partial charge in [-0.1, -0.05) is 0 Å². The van der Waals surface area contributed by atoms with E-state index in [9.17, 15) is 41.0 Å². The molecule has 1 saturated heterocycles. The molecule has 0 radical (unpaired) electrons. The van der Waals surface area contributed by atoms with Crippen molar-refractivity contribution in [3.8, 4) is 0 Å². The van der Waals surface area contributed by atoms with E-state index in [2.05, 4.69) is 9.97 Å². The summed E-state index contributed by atoms with van der Waals surface area (Å²) >= 11 is 0. The third kappa shape index (κ3) is 6.41. The van der Waals surface area contributed by atoms with Crippen LogP contribution in [0, 0.1) is 0 Å². The molecule has 2 aromatic heterocycles. The lowest BCUT2D eigenvalue weighted by Crippen LogP contribution is -2.57. The number of pyridine rings is 1. The highest BCUT2D eigenvalue weighted by Gasteiger charge is 2.36. The quantitative estimate of drug-likeness (QED) is 0.596. The Kier molecular flexibility index (Phi) is 7.57. The summed E-state index contributed by atoms with van der Waals surface area (Å²) in [4.78, 5) is 36.1. The molecule has 2 N–H and O–H groups in total. The third-order valence-corrected chi connectivity index (χ3v) is 5.27. The number of halogens is 6. The summed E-state index contributed by atoms with van der Waals surface area (Å²) in [5, 5.41) is 9.72. The molecule has 0 bridgehead atoms. The second kappa shape index (κ2) is 10.1. The highest BCUT2D eigenvalue weighted by molar-refractivity contribution is 5.68. The van der Waals surface area contributed by atoms with Crippen LogP contribution in [0.25, 0.3) is 0 Å². The van der Waals surface area contributed by atoms with E-state index in [0.717, 1.165) is 6.20 Å². The maximum Gasteiger partial charge on any atom is 0.421 e. The molecule has 1 aliphatic heterocycles. The van der Waals surface area contributed by atoms with E-state index in [4.69, 9.17) is 4.74 Å². The van der Waals surface area contributed by atoms with E-state index in [0.29, 0.717) is 18.5 Å². The Morgan fingerprint density at radius 2 is 1.86 bits per heavy atom. The van der Waals surface area contributed by atoms with Crippen LogP contribution in [0.4, 0.5) is 37.1 Å². The fourth-order valence-electron chi connectivity index (χ4n) is 3.53. The number of alkyl halides is 6. The van der Waals surface area contributed by atoms with Gasteiger partial charge in [0, 0.05) is 44.6 Å². The minimum absolute atomic E-state index is 0.0445. The fraction of sp³-hybridized carbons (Fsp3) is 0.500. The van der Waals surface area contributed by atoms with Gasteiger partial charge in [0.05, 0.1) is 18.2 Å². The van der Waals surface area contributed by atoms with Crippen molar-refractivity contribution in [3.63, 3.8) is 0 Å². The molecule has 1 aliphatic rings. The van der Waals surface area contributed by atoms with E-state index in [1.807, 2.05) is 4.98 Å². The summed E-state index contributed by atoms with van der Waals surface area (Å²) in [6.45, 7) is 1.12. The molecule has 0 aromatic carbocycles. The minimum atomic E-state index is -4.83. The maximum atomic E-state index is 12.9. The number of hydrogen-bond acceptors (Lipinski definition) is 7. The second-order valence-corrected chi connectivity index (χ2v) is 7.89. The largest absolute Gasteiger partial charge is 0.446 e. The van der Waals surface area contributed by atoms with Crippen LogP contribution in [0.1, 0.15) is 23.6 Å². The first kappa shape index (κ1) is 26.2. The topological polar surface area (TPSA) is 112 Å². The van der Waals surface area contributed by atoms with Crippen molar-refractivity contribution in [2.75, 3.05) is 31.1 Å². The summed E-state index contributed by atoms with van der Waals surface area (Å²) in [5.74, 6) is -0.0445. The number of piperazine rings is 1. The number of anilines is 1. The Balaban J connectivity index is 1.61. The summed E-state index contributed by atoms with van der Waals surface area (Å²) < 4.78 is 82.2. The zero-order valence-electron chi connectivity index (χ0n) is 18.2. The Hall–Kier alpha value is -3.36. The molecule has 1 fully saturated rings. The molecule has 9 nitrogen and oxygen atoms in total. The second-order valence-electron chi connectivity index (χ2n) is 7.89. The molecule has 0 aliphatic carbocycles. The van der Waals surface area contributed by atoms with Crippen molar-refractivity contribution in [1.29, 1.82) is 0 Å². The number of carbonyl (C=O) groups is 1. The number of rotatable bonds is 5. The van der Waals surface area contributed by atoms with Gasteiger partial charge in [0.25, 0.3) is 5.56 Å². The highest BCUT2D eigenvalue weighted by Crippen LogP contribution is 2.29. The van der Waals surface area contributed by atoms with Crippen molar-refractivity contribution in [1.82, 2.24) is 19.9 Å². The lowest BCUT2D eigenvalue weighted by Gasteiger charge is -2.40. The van der Waals surface area contributed by atoms with Crippen molar-refractivity contribution in [3.05, 3.63) is 51.7 Å². The van der Waals surface area contributed by atoms with E-state index in [-0.39, 0.29) is 37.6 Å². The molecular formula is C20H21F6N5O4. The van der Waals surface area contributed by atoms with Crippen molar-refractivity contribution < 1.29 is 41.0 Å². The van der Waals surface area contributed by atoms with E-state index < -0.39 is 53.9 Å². The number of ether oxygens (including phenoxy) is 1. The van der Waals surface area contributed by atoms with E-state index >= 15 is 0 Å². The Labute approximate surface area is 194 Å². The zero-order chi connectivity index (χ0) is 26.0. The Morgan fingerprint density at radius 3 is 2.43 bits per heavy atom. The van der Waals surface area contributed by atoms with Crippen molar-refractivity contribution in [2.24, 2.45) is 0 Å². The Bertz CT molecular complexity index is 1090. The summed E-state index contributed by atoms with van der Waals surface area (Å²) in [6, 6.07) is -0.0368. The molecular weight excluding hydrogens is 488 g/mol. The fourth-order valence-corrected chi connectivity index (χ4v) is 3.53. The molecule has 0 saturated carbocycles. The van der Waals surface area contributed by atoms with Gasteiger partial charge in [-0.2, -0.15) is 26.3 Å². The molecule has 3 heterocycles. The number of amides is 1. The molecule has 2 aromatic rings. The van der Waals surface area contributed by atoms with Crippen LogP contribution in [0.15, 0.2) is 29.5 Å². The molecule has 15 heteroatoms. The van der Waals surface area contributed by atoms with Gasteiger partial charge >= 0.3 is 18.4 Å². The van der Waals surface area contributed by atoms with Crippen LogP contribution in [0.5, 0.6) is 0 Å². The predicted molar refractivity (Wildman–Crippen MR) is 109 cm³/mol. The number of aliphatic hydroxyl groups excluding tert-OH is 1. The third-order valence-electron chi connectivity index (χ3n) is 5.27. The van der Waals surface area contributed by atoms with Crippen LogP contribution in [-0.2, 0) is 23.5 Å². The number of nitrogens with one attached hydrogen (secondary N) is 1. The predicted octanol–water partition coefficient (Wildman–Crippen LogP) is 2.45. The van der Waals surface area contributed by atoms with Gasteiger partial charge < -0.3 is 24.6 Å². The van der Waals surface area contributed by atoms with Crippen LogP contribution < -0.4 is 10.5 Å². The van der Waals surface area contributed by atoms with Gasteiger partial charge in [0.15, 0.2) is 0 Å². The minimum Gasteiger partial charge on any atom is -0.446 e. The van der Waals surface area contributed by atoms with Gasteiger partial charge in [0.1, 0.15) is 11.7 Å². The lowest BCUT2D eigenvalue weighted by molar-refractivity contribution is -0.139. The van der Waals surface area contributed by atoms with Gasteiger partial charge in [-0.15, -0.1) is 0 Å². The molecule has 0 unspecified atom stereocenters. The van der Waals surface area contributed by atoms with Gasteiger partial charge in [-0.05, 0) is 18.6 Å². The van der Waals surface area contributed by atoms with Gasteiger partial charge in [-0.3, -0.25) is 4.79 Å². The number of hydrogen-bond donors (Lipinski definition) is 2. The summed E-state index contributed by atoms with van der Waals surface area (Å²) in [6.07, 6.45) is -8.82. The van der Waals surface area contributed by atoms with Gasteiger partial charge in [0.2, 0.25) is 5.95 Å². The van der Waals surface area contributed by atoms with Crippen molar-refractivity contribution in [2.45, 2.75) is 37.8 Å².